The highest BCUT2D eigenvalue weighted by atomic mass is 32.2. The van der Waals surface area contributed by atoms with Crippen LogP contribution in [0.3, 0.4) is 0 Å². The van der Waals surface area contributed by atoms with Crippen molar-refractivity contribution >= 4 is 40.6 Å². The summed E-state index contributed by atoms with van der Waals surface area (Å²) >= 11 is 3.15. The number of nitro groups is 1. The number of non-ortho nitro benzene ring substituents is 1. The third-order valence-corrected chi connectivity index (χ3v) is 5.39. The summed E-state index contributed by atoms with van der Waals surface area (Å²) in [6.45, 7) is 0.471. The van der Waals surface area contributed by atoms with Gasteiger partial charge in [-0.15, -0.1) is 11.3 Å². The third kappa shape index (κ3) is 6.07. The maximum Gasteiger partial charge on any atom is 0.270 e. The zero-order valence-corrected chi connectivity index (χ0v) is 16.7. The normalized spacial score (nSPS) is 11.6. The van der Waals surface area contributed by atoms with Gasteiger partial charge in [-0.25, -0.2) is 0 Å². The average molecular weight is 408 g/mol. The van der Waals surface area contributed by atoms with E-state index in [2.05, 4.69) is 5.32 Å². The van der Waals surface area contributed by atoms with Crippen LogP contribution < -0.4 is 5.32 Å². The van der Waals surface area contributed by atoms with Gasteiger partial charge in [-0.2, -0.15) is 11.8 Å². The lowest BCUT2D eigenvalue weighted by Gasteiger charge is -2.24. The molecule has 144 valence electrons. The number of thiophene rings is 1. The Morgan fingerprint density at radius 3 is 2.74 bits per heavy atom. The molecule has 1 heterocycles. The van der Waals surface area contributed by atoms with Gasteiger partial charge in [0.2, 0.25) is 5.91 Å². The molecule has 0 radical (unpaired) electrons. The van der Waals surface area contributed by atoms with E-state index in [1.807, 2.05) is 23.8 Å². The standard InChI is InChI=1S/C18H21N3O4S2/c1-20(12-15-7-4-9-27-15)18(23)16(8-10-26-2)19-17(22)13-5-3-6-14(11-13)21(24)25/h3-7,9,11,16H,8,10,12H2,1-2H3,(H,19,22). The number of hydrogen-bond acceptors (Lipinski definition) is 6. The van der Waals surface area contributed by atoms with Gasteiger partial charge < -0.3 is 10.2 Å². The fourth-order valence-corrected chi connectivity index (χ4v) is 3.70. The van der Waals surface area contributed by atoms with Crippen molar-refractivity contribution in [3.8, 4) is 0 Å². The van der Waals surface area contributed by atoms with Crippen LogP contribution in [0.25, 0.3) is 0 Å². The monoisotopic (exact) mass is 407 g/mol. The quantitative estimate of drug-likeness (QED) is 0.509. The molecule has 1 N–H and O–H groups in total. The summed E-state index contributed by atoms with van der Waals surface area (Å²) in [6.07, 6.45) is 2.41. The van der Waals surface area contributed by atoms with E-state index in [9.17, 15) is 19.7 Å². The van der Waals surface area contributed by atoms with Crippen molar-refractivity contribution < 1.29 is 14.5 Å². The molecule has 1 aromatic heterocycles. The molecule has 2 rings (SSSR count). The topological polar surface area (TPSA) is 92.5 Å². The number of rotatable bonds is 9. The maximum absolute atomic E-state index is 12.8. The van der Waals surface area contributed by atoms with Crippen LogP contribution in [0, 0.1) is 10.1 Å². The second-order valence-electron chi connectivity index (χ2n) is 5.89. The van der Waals surface area contributed by atoms with E-state index in [-0.39, 0.29) is 17.2 Å². The molecular formula is C18H21N3O4S2. The van der Waals surface area contributed by atoms with Gasteiger partial charge in [0.15, 0.2) is 0 Å². The fourth-order valence-electron chi connectivity index (χ4n) is 2.48. The summed E-state index contributed by atoms with van der Waals surface area (Å²) in [5.41, 5.74) is -0.00323. The van der Waals surface area contributed by atoms with Gasteiger partial charge in [0.1, 0.15) is 6.04 Å². The van der Waals surface area contributed by atoms with E-state index < -0.39 is 16.9 Å². The first-order valence-corrected chi connectivity index (χ1v) is 10.5. The molecule has 0 aliphatic heterocycles. The molecule has 0 aliphatic carbocycles. The first-order valence-electron chi connectivity index (χ1n) is 8.24. The van der Waals surface area contributed by atoms with E-state index in [1.54, 1.807) is 35.0 Å². The van der Waals surface area contributed by atoms with Crippen LogP contribution in [0.1, 0.15) is 21.7 Å². The Morgan fingerprint density at radius 2 is 2.11 bits per heavy atom. The number of carbonyl (C=O) groups excluding carboxylic acids is 2. The summed E-state index contributed by atoms with van der Waals surface area (Å²) in [5, 5.41) is 15.6. The van der Waals surface area contributed by atoms with Gasteiger partial charge in [-0.05, 0) is 35.9 Å². The Kier molecular flexibility index (Phi) is 7.81. The summed E-state index contributed by atoms with van der Waals surface area (Å²) < 4.78 is 0. The SMILES string of the molecule is CSCCC(NC(=O)c1cccc([N+](=O)[O-])c1)C(=O)N(C)Cc1cccs1. The van der Waals surface area contributed by atoms with Crippen molar-refractivity contribution in [1.82, 2.24) is 10.2 Å². The molecule has 9 heteroatoms. The summed E-state index contributed by atoms with van der Waals surface area (Å²) in [6, 6.07) is 8.67. The molecule has 0 spiro atoms. The zero-order chi connectivity index (χ0) is 19.8. The zero-order valence-electron chi connectivity index (χ0n) is 15.1. The highest BCUT2D eigenvalue weighted by Gasteiger charge is 2.25. The molecule has 1 aromatic carbocycles. The summed E-state index contributed by atoms with van der Waals surface area (Å²) in [5.74, 6) is 0.0252. The van der Waals surface area contributed by atoms with Crippen LogP contribution in [0.4, 0.5) is 5.69 Å². The lowest BCUT2D eigenvalue weighted by atomic mass is 10.1. The number of amides is 2. The van der Waals surface area contributed by atoms with Gasteiger partial charge in [-0.1, -0.05) is 12.1 Å². The molecule has 1 unspecified atom stereocenters. The number of nitrogens with zero attached hydrogens (tertiary/aromatic N) is 2. The molecule has 2 amide bonds. The Morgan fingerprint density at radius 1 is 1.33 bits per heavy atom. The Hall–Kier alpha value is -2.39. The number of likely N-dealkylation sites (N-methyl/N-ethyl adjacent to an activating group) is 1. The molecule has 27 heavy (non-hydrogen) atoms. The third-order valence-electron chi connectivity index (χ3n) is 3.88. The van der Waals surface area contributed by atoms with Gasteiger partial charge in [-0.3, -0.25) is 19.7 Å². The summed E-state index contributed by atoms with van der Waals surface area (Å²) in [4.78, 5) is 38.3. The number of carbonyl (C=O) groups is 2. The van der Waals surface area contributed by atoms with Gasteiger partial charge in [0.05, 0.1) is 11.5 Å². The van der Waals surface area contributed by atoms with Crippen molar-refractivity contribution in [2.45, 2.75) is 19.0 Å². The van der Waals surface area contributed by atoms with Crippen molar-refractivity contribution in [2.75, 3.05) is 19.1 Å². The molecule has 0 bridgehead atoms. The molecular weight excluding hydrogens is 386 g/mol. The fraction of sp³-hybridized carbons (Fsp3) is 0.333. The van der Waals surface area contributed by atoms with E-state index in [0.29, 0.717) is 18.7 Å². The predicted molar refractivity (Wildman–Crippen MR) is 108 cm³/mol. The maximum atomic E-state index is 12.8. The Balaban J connectivity index is 2.10. The van der Waals surface area contributed by atoms with Crippen LogP contribution in [-0.4, -0.2) is 46.7 Å². The second kappa shape index (κ2) is 10.1. The minimum absolute atomic E-state index is 0.159. The van der Waals surface area contributed by atoms with Crippen molar-refractivity contribution in [3.63, 3.8) is 0 Å². The first-order chi connectivity index (χ1) is 12.9. The molecule has 0 saturated carbocycles. The van der Waals surface area contributed by atoms with Gasteiger partial charge in [0, 0.05) is 29.6 Å². The van der Waals surface area contributed by atoms with E-state index in [1.165, 1.54) is 24.3 Å². The lowest BCUT2D eigenvalue weighted by Crippen LogP contribution is -2.47. The Labute approximate surface area is 165 Å². The van der Waals surface area contributed by atoms with Gasteiger partial charge >= 0.3 is 0 Å². The van der Waals surface area contributed by atoms with Crippen molar-refractivity contribution in [2.24, 2.45) is 0 Å². The van der Waals surface area contributed by atoms with E-state index in [0.717, 1.165) is 4.88 Å². The molecule has 0 saturated heterocycles. The van der Waals surface area contributed by atoms with E-state index in [4.69, 9.17) is 0 Å². The first kappa shape index (κ1) is 20.9. The van der Waals surface area contributed by atoms with Crippen molar-refractivity contribution in [3.05, 3.63) is 62.3 Å². The lowest BCUT2D eigenvalue weighted by molar-refractivity contribution is -0.384. The smallest absolute Gasteiger partial charge is 0.270 e. The number of hydrogen-bond donors (Lipinski definition) is 1. The Bertz CT molecular complexity index is 796. The van der Waals surface area contributed by atoms with Crippen molar-refractivity contribution in [1.29, 1.82) is 0 Å². The number of nitrogens with one attached hydrogen (secondary N) is 1. The van der Waals surface area contributed by atoms with Crippen LogP contribution in [0.5, 0.6) is 0 Å². The molecule has 2 aromatic rings. The largest absolute Gasteiger partial charge is 0.340 e. The highest BCUT2D eigenvalue weighted by molar-refractivity contribution is 7.98. The molecule has 0 fully saturated rings. The minimum atomic E-state index is -0.686. The molecule has 1 atom stereocenters. The predicted octanol–water partition coefficient (Wildman–Crippen LogP) is 3.17. The number of benzene rings is 1. The molecule has 0 aliphatic rings. The number of nitro benzene ring substituents is 1. The van der Waals surface area contributed by atoms with E-state index >= 15 is 0 Å². The van der Waals surface area contributed by atoms with Crippen LogP contribution >= 0.6 is 23.1 Å². The second-order valence-corrected chi connectivity index (χ2v) is 7.91. The average Bonchev–Trinajstić information content (AvgIpc) is 3.17. The highest BCUT2D eigenvalue weighted by Crippen LogP contribution is 2.15. The van der Waals surface area contributed by atoms with Crippen LogP contribution in [0.15, 0.2) is 41.8 Å². The summed E-state index contributed by atoms with van der Waals surface area (Å²) in [7, 11) is 1.70. The van der Waals surface area contributed by atoms with Crippen LogP contribution in [-0.2, 0) is 11.3 Å². The minimum Gasteiger partial charge on any atom is -0.340 e. The molecule has 7 nitrogen and oxygen atoms in total. The number of thioether (sulfide) groups is 1. The van der Waals surface area contributed by atoms with Crippen LogP contribution in [0.2, 0.25) is 0 Å². The van der Waals surface area contributed by atoms with Gasteiger partial charge in [0.25, 0.3) is 11.6 Å².